The van der Waals surface area contributed by atoms with Crippen LogP contribution >= 0.6 is 0 Å². The van der Waals surface area contributed by atoms with Crippen molar-refractivity contribution in [3.63, 3.8) is 0 Å². The van der Waals surface area contributed by atoms with Gasteiger partial charge < -0.3 is 20.3 Å². The van der Waals surface area contributed by atoms with Crippen molar-refractivity contribution in [2.75, 3.05) is 66.0 Å². The van der Waals surface area contributed by atoms with Crippen LogP contribution < -0.4 is 10.6 Å². The van der Waals surface area contributed by atoms with E-state index in [2.05, 4.69) is 20.4 Å². The average molecular weight is 486 g/mol. The van der Waals surface area contributed by atoms with Crippen molar-refractivity contribution in [1.29, 1.82) is 0 Å². The summed E-state index contributed by atoms with van der Waals surface area (Å²) in [4.78, 5) is 42.1. The Bertz CT molecular complexity index is 874. The summed E-state index contributed by atoms with van der Waals surface area (Å²) >= 11 is 0. The Balaban J connectivity index is 1.34. The molecule has 2 saturated heterocycles. The Morgan fingerprint density at radius 2 is 1.76 bits per heavy atom. The molecular formula is C22H30F3N5O4. The van der Waals surface area contributed by atoms with Crippen LogP contribution in [-0.4, -0.2) is 105 Å². The highest BCUT2D eigenvalue weighted by atomic mass is 19.4. The molecule has 1 aromatic rings. The maximum absolute atomic E-state index is 12.8. The van der Waals surface area contributed by atoms with E-state index in [0.717, 1.165) is 57.3 Å². The fraction of sp³-hybridized carbons (Fsp3) is 0.591. The second-order valence-electron chi connectivity index (χ2n) is 8.41. The van der Waals surface area contributed by atoms with Crippen molar-refractivity contribution in [1.82, 2.24) is 25.3 Å². The number of nitrogens with zero attached hydrogens (tertiary/aromatic N) is 3. The number of piperazine rings is 1. The predicted octanol–water partition coefficient (Wildman–Crippen LogP) is 1.01. The summed E-state index contributed by atoms with van der Waals surface area (Å²) in [6.45, 7) is 5.77. The number of hydrogen-bond donors (Lipinski definition) is 2. The van der Waals surface area contributed by atoms with Gasteiger partial charge in [-0.15, -0.1) is 0 Å². The number of rotatable bonds is 7. The van der Waals surface area contributed by atoms with E-state index in [1.165, 1.54) is 13.2 Å². The molecule has 2 heterocycles. The van der Waals surface area contributed by atoms with E-state index in [1.807, 2.05) is 0 Å². The van der Waals surface area contributed by atoms with Crippen LogP contribution in [0, 0.1) is 0 Å². The van der Waals surface area contributed by atoms with Crippen LogP contribution in [0.4, 0.5) is 18.0 Å². The summed E-state index contributed by atoms with van der Waals surface area (Å²) in [6.07, 6.45) is -4.06. The molecule has 1 aromatic carbocycles. The number of alkyl halides is 3. The van der Waals surface area contributed by atoms with Crippen LogP contribution in [-0.2, 0) is 15.7 Å². The summed E-state index contributed by atoms with van der Waals surface area (Å²) in [6, 6.07) is 4.03. The molecule has 0 saturated carbocycles. The molecule has 2 aliphatic heterocycles. The van der Waals surface area contributed by atoms with Gasteiger partial charge in [-0.05, 0) is 24.6 Å². The number of carbonyl (C=O) groups is 3. The number of benzene rings is 1. The van der Waals surface area contributed by atoms with Gasteiger partial charge in [0, 0.05) is 64.0 Å². The van der Waals surface area contributed by atoms with Gasteiger partial charge in [0.1, 0.15) is 0 Å². The minimum atomic E-state index is -4.54. The molecule has 1 atom stereocenters. The lowest BCUT2D eigenvalue weighted by atomic mass is 10.1. The van der Waals surface area contributed by atoms with Gasteiger partial charge in [0.25, 0.3) is 5.91 Å². The lowest BCUT2D eigenvalue weighted by molar-refractivity contribution is -0.137. The highest BCUT2D eigenvalue weighted by molar-refractivity contribution is 5.96. The lowest BCUT2D eigenvalue weighted by Gasteiger charge is -2.34. The maximum atomic E-state index is 12.8. The Kier molecular flexibility index (Phi) is 8.72. The van der Waals surface area contributed by atoms with E-state index in [0.29, 0.717) is 19.6 Å². The Morgan fingerprint density at radius 3 is 2.44 bits per heavy atom. The minimum absolute atomic E-state index is 0.0471. The molecule has 3 rings (SSSR count). The molecule has 2 N–H and O–H groups in total. The van der Waals surface area contributed by atoms with E-state index in [-0.39, 0.29) is 30.2 Å². The first-order chi connectivity index (χ1) is 16.2. The first-order valence-electron chi connectivity index (χ1n) is 11.2. The van der Waals surface area contributed by atoms with Gasteiger partial charge in [0.2, 0.25) is 5.91 Å². The van der Waals surface area contributed by atoms with Gasteiger partial charge in [0.05, 0.1) is 19.2 Å². The van der Waals surface area contributed by atoms with Gasteiger partial charge in [-0.1, -0.05) is 6.07 Å². The number of methoxy groups -OCH3 is 1. The van der Waals surface area contributed by atoms with Crippen LogP contribution in [0.2, 0.25) is 0 Å². The van der Waals surface area contributed by atoms with Crippen LogP contribution in [0.15, 0.2) is 24.3 Å². The van der Waals surface area contributed by atoms with Gasteiger partial charge in [0.15, 0.2) is 0 Å². The van der Waals surface area contributed by atoms with Gasteiger partial charge in [-0.25, -0.2) is 4.79 Å². The molecule has 0 unspecified atom stereocenters. The third-order valence-corrected chi connectivity index (χ3v) is 6.04. The van der Waals surface area contributed by atoms with Crippen molar-refractivity contribution in [2.45, 2.75) is 18.6 Å². The summed E-state index contributed by atoms with van der Waals surface area (Å²) < 4.78 is 43.1. The normalized spacial score (nSPS) is 19.6. The van der Waals surface area contributed by atoms with Crippen molar-refractivity contribution in [3.8, 4) is 0 Å². The smallest absolute Gasteiger partial charge is 0.416 e. The summed E-state index contributed by atoms with van der Waals surface area (Å²) in [5.41, 5.74) is -1.07. The molecule has 0 spiro atoms. The van der Waals surface area contributed by atoms with E-state index in [9.17, 15) is 27.6 Å². The van der Waals surface area contributed by atoms with Crippen molar-refractivity contribution in [3.05, 3.63) is 35.4 Å². The first-order valence-corrected chi connectivity index (χ1v) is 11.2. The van der Waals surface area contributed by atoms with Crippen LogP contribution in [0.5, 0.6) is 0 Å². The van der Waals surface area contributed by atoms with E-state index < -0.39 is 17.6 Å². The summed E-state index contributed by atoms with van der Waals surface area (Å²) in [7, 11) is 1.38. The summed E-state index contributed by atoms with van der Waals surface area (Å²) in [5.74, 6) is -1.12. The molecule has 0 aromatic heterocycles. The van der Waals surface area contributed by atoms with Crippen LogP contribution in [0.1, 0.15) is 22.3 Å². The number of amides is 3. The topological polar surface area (TPSA) is 94.2 Å². The lowest BCUT2D eigenvalue weighted by Crippen LogP contribution is -2.50. The second-order valence-corrected chi connectivity index (χ2v) is 8.41. The van der Waals surface area contributed by atoms with Crippen LogP contribution in [0.3, 0.4) is 0 Å². The van der Waals surface area contributed by atoms with E-state index in [4.69, 9.17) is 4.74 Å². The molecule has 0 bridgehead atoms. The predicted molar refractivity (Wildman–Crippen MR) is 117 cm³/mol. The zero-order valence-corrected chi connectivity index (χ0v) is 19.1. The van der Waals surface area contributed by atoms with Crippen molar-refractivity contribution < 1.29 is 32.3 Å². The van der Waals surface area contributed by atoms with Gasteiger partial charge in [-0.3, -0.25) is 19.4 Å². The van der Waals surface area contributed by atoms with E-state index in [1.54, 1.807) is 4.90 Å². The molecule has 2 aliphatic rings. The third-order valence-electron chi connectivity index (χ3n) is 6.04. The van der Waals surface area contributed by atoms with E-state index >= 15 is 0 Å². The molecular weight excluding hydrogens is 455 g/mol. The number of carbonyl (C=O) groups excluding carboxylic acids is 3. The third kappa shape index (κ3) is 7.32. The highest BCUT2D eigenvalue weighted by Crippen LogP contribution is 2.29. The number of ether oxygens (including phenoxy) is 1. The standard InChI is InChI=1S/C22H30F3N5O4/c1-34-21(33)30-11-9-28(10-12-30)7-8-29-6-5-18(15-29)27-19(31)14-26-20(32)16-3-2-4-17(13-16)22(23,24)25/h2-4,13,18H,5-12,14-15H2,1H3,(H,26,32)(H,27,31)/t18-/m1/s1. The van der Waals surface area contributed by atoms with Crippen molar-refractivity contribution in [2.24, 2.45) is 0 Å². The summed E-state index contributed by atoms with van der Waals surface area (Å²) in [5, 5.41) is 5.24. The van der Waals surface area contributed by atoms with Gasteiger partial charge >= 0.3 is 12.3 Å². The molecule has 0 radical (unpaired) electrons. The monoisotopic (exact) mass is 485 g/mol. The average Bonchev–Trinajstić information content (AvgIpc) is 3.27. The zero-order chi connectivity index (χ0) is 24.7. The Labute approximate surface area is 196 Å². The largest absolute Gasteiger partial charge is 0.453 e. The number of hydrogen-bond acceptors (Lipinski definition) is 6. The molecule has 2 fully saturated rings. The number of halogens is 3. The van der Waals surface area contributed by atoms with Crippen molar-refractivity contribution >= 4 is 17.9 Å². The zero-order valence-electron chi connectivity index (χ0n) is 19.1. The first kappa shape index (κ1) is 25.8. The molecule has 3 amide bonds. The Morgan fingerprint density at radius 1 is 1.06 bits per heavy atom. The fourth-order valence-electron chi connectivity index (χ4n) is 4.10. The second kappa shape index (κ2) is 11.5. The molecule has 12 heteroatoms. The van der Waals surface area contributed by atoms with Gasteiger partial charge in [-0.2, -0.15) is 13.2 Å². The SMILES string of the molecule is COC(=O)N1CCN(CCN2CC[C@@H](NC(=O)CNC(=O)c3cccc(C(F)(F)F)c3)C2)CC1. The quantitative estimate of drug-likeness (QED) is 0.599. The fourth-order valence-corrected chi connectivity index (χ4v) is 4.10. The Hall–Kier alpha value is -2.86. The number of nitrogens with one attached hydrogen (secondary N) is 2. The molecule has 0 aliphatic carbocycles. The van der Waals surface area contributed by atoms with Crippen LogP contribution in [0.25, 0.3) is 0 Å². The molecule has 188 valence electrons. The maximum Gasteiger partial charge on any atom is 0.416 e. The molecule has 34 heavy (non-hydrogen) atoms. The minimum Gasteiger partial charge on any atom is -0.453 e. The number of likely N-dealkylation sites (tertiary alicyclic amines) is 1. The molecule has 9 nitrogen and oxygen atoms in total. The highest BCUT2D eigenvalue weighted by Gasteiger charge is 2.31.